The van der Waals surface area contributed by atoms with E-state index >= 15 is 0 Å². The molecule has 0 amide bonds. The van der Waals surface area contributed by atoms with E-state index in [2.05, 4.69) is 0 Å². The largest absolute Gasteiger partial charge is 0.508 e. The van der Waals surface area contributed by atoms with E-state index < -0.39 is 92.8 Å². The monoisotopic (exact) mass is 716 g/mol. The van der Waals surface area contributed by atoms with Crippen molar-refractivity contribution in [3.05, 3.63) is 92.6 Å². The van der Waals surface area contributed by atoms with E-state index in [-0.39, 0.29) is 63.5 Å². The van der Waals surface area contributed by atoms with Crippen molar-refractivity contribution in [3.63, 3.8) is 0 Å². The Labute approximate surface area is 290 Å². The van der Waals surface area contributed by atoms with Crippen LogP contribution in [0.2, 0.25) is 0 Å². The highest BCUT2D eigenvalue weighted by atomic mass is 16.6. The molecule has 0 saturated carbocycles. The Hall–Kier alpha value is -6.94. The summed E-state index contributed by atoms with van der Waals surface area (Å²) in [4.78, 5) is 26.8. The molecule has 0 saturated heterocycles. The number of aliphatic hydroxyl groups is 1. The fraction of sp³-hybridized carbons (Fsp3) is 0.167. The first-order valence-electron chi connectivity index (χ1n) is 15.4. The SMILES string of the molecule is O=C(O[C@@H]1Cc2c(O)cc(O)cc2O[C@@H]1c1cc(=O)c(O)c2c(O)c(O)cc([C@H]3Oc4cc(O)cc(O)c4C[C@@H]3O)c2c1)c1cc(O)c(O)c(O)c1. The average Bonchev–Trinajstić information content (AvgIpc) is 3.20. The number of phenolic OH excluding ortho intramolecular Hbond substituents is 9. The summed E-state index contributed by atoms with van der Waals surface area (Å²) in [5, 5.41) is 114. The molecule has 16 nitrogen and oxygen atoms in total. The number of ether oxygens (including phenoxy) is 3. The molecule has 16 heteroatoms. The molecule has 5 aromatic carbocycles. The lowest BCUT2D eigenvalue weighted by Crippen LogP contribution is -2.35. The number of aliphatic hydroxyl groups excluding tert-OH is 1. The Morgan fingerprint density at radius 3 is 1.79 bits per heavy atom. The number of rotatable bonds is 4. The van der Waals surface area contributed by atoms with Gasteiger partial charge in [-0.15, -0.1) is 0 Å². The second kappa shape index (κ2) is 12.1. The summed E-state index contributed by atoms with van der Waals surface area (Å²) in [6.07, 6.45) is -6.29. The molecule has 0 radical (unpaired) electrons. The van der Waals surface area contributed by atoms with Crippen LogP contribution >= 0.6 is 0 Å². The van der Waals surface area contributed by atoms with Crippen molar-refractivity contribution in [1.29, 1.82) is 0 Å². The smallest absolute Gasteiger partial charge is 0.338 e. The maximum absolute atomic E-state index is 13.5. The van der Waals surface area contributed by atoms with Crippen molar-refractivity contribution in [3.8, 4) is 69.0 Å². The van der Waals surface area contributed by atoms with Crippen molar-refractivity contribution in [2.24, 2.45) is 0 Å². The molecule has 268 valence electrons. The molecule has 0 fully saturated rings. The van der Waals surface area contributed by atoms with Crippen LogP contribution in [-0.2, 0) is 17.6 Å². The topological polar surface area (TPSA) is 284 Å². The zero-order chi connectivity index (χ0) is 37.3. The van der Waals surface area contributed by atoms with Crippen LogP contribution in [0.4, 0.5) is 0 Å². The molecule has 2 heterocycles. The summed E-state index contributed by atoms with van der Waals surface area (Å²) < 4.78 is 17.8. The minimum atomic E-state index is -1.49. The van der Waals surface area contributed by atoms with E-state index in [1.54, 1.807) is 0 Å². The van der Waals surface area contributed by atoms with Gasteiger partial charge in [0.2, 0.25) is 5.43 Å². The van der Waals surface area contributed by atoms with Gasteiger partial charge in [-0.1, -0.05) is 0 Å². The molecular formula is C36H28O16. The summed E-state index contributed by atoms with van der Waals surface area (Å²) in [6, 6.07) is 9.16. The van der Waals surface area contributed by atoms with E-state index in [0.717, 1.165) is 42.5 Å². The molecule has 0 spiro atoms. The van der Waals surface area contributed by atoms with E-state index in [4.69, 9.17) is 14.2 Å². The number of benzene rings is 4. The minimum absolute atomic E-state index is 0.0344. The van der Waals surface area contributed by atoms with Crippen molar-refractivity contribution >= 4 is 16.7 Å². The van der Waals surface area contributed by atoms with Gasteiger partial charge < -0.3 is 70.4 Å². The molecule has 4 atom stereocenters. The van der Waals surface area contributed by atoms with Crippen LogP contribution in [-0.4, -0.2) is 74.3 Å². The first kappa shape index (κ1) is 33.6. The average molecular weight is 717 g/mol. The standard InChI is InChI=1S/C36H28O16/c37-14-5-20(39)18-10-26(45)35(51-27(18)7-14)17-9-25(44)33(48)30-16(17)1-12(2-24(43)32(30)47)34-29(11-19-21(40)6-15(38)8-28(19)50-34)52-36(49)13-3-22(41)31(46)23(42)4-13/h1-9,26,29,34-35,37-42,44-46,48H,10-11H2,(H,43,47)/t26-,29+,34+,35+/m0/s1. The maximum Gasteiger partial charge on any atom is 0.338 e. The second-order valence-electron chi connectivity index (χ2n) is 12.4. The van der Waals surface area contributed by atoms with Gasteiger partial charge in [-0.2, -0.15) is 0 Å². The minimum Gasteiger partial charge on any atom is -0.508 e. The summed E-state index contributed by atoms with van der Waals surface area (Å²) in [5.74, 6) is -8.22. The predicted octanol–water partition coefficient (Wildman–Crippen LogP) is 3.19. The third-order valence-electron chi connectivity index (χ3n) is 8.98. The van der Waals surface area contributed by atoms with Gasteiger partial charge in [-0.05, 0) is 35.7 Å². The van der Waals surface area contributed by atoms with Crippen LogP contribution in [0.3, 0.4) is 0 Å². The number of carbonyl (C=O) groups excluding carboxylic acids is 1. The summed E-state index contributed by atoms with van der Waals surface area (Å²) in [5.41, 5.74) is -1.52. The Bertz CT molecular complexity index is 2370. The van der Waals surface area contributed by atoms with E-state index in [9.17, 15) is 65.8 Å². The third-order valence-corrected chi connectivity index (χ3v) is 8.98. The molecule has 0 aliphatic carbocycles. The highest BCUT2D eigenvalue weighted by Gasteiger charge is 2.39. The molecular weight excluding hydrogens is 688 g/mol. The Morgan fingerprint density at radius 2 is 1.17 bits per heavy atom. The molecule has 11 N–H and O–H groups in total. The predicted molar refractivity (Wildman–Crippen MR) is 176 cm³/mol. The van der Waals surface area contributed by atoms with Crippen LogP contribution < -0.4 is 14.9 Å². The fourth-order valence-electron chi connectivity index (χ4n) is 6.53. The molecule has 5 aromatic rings. The normalized spacial score (nSPS) is 19.2. The molecule has 0 aromatic heterocycles. The lowest BCUT2D eigenvalue weighted by atomic mass is 9.90. The number of carbonyl (C=O) groups is 1. The highest BCUT2D eigenvalue weighted by Crippen LogP contribution is 2.49. The Kier molecular flexibility index (Phi) is 7.83. The lowest BCUT2D eigenvalue weighted by molar-refractivity contribution is -0.0188. The van der Waals surface area contributed by atoms with Gasteiger partial charge >= 0.3 is 5.97 Å². The molecule has 2 aliphatic rings. The van der Waals surface area contributed by atoms with Crippen LogP contribution in [0, 0.1) is 0 Å². The number of fused-ring (bicyclic) bond motifs is 3. The molecule has 0 unspecified atom stereocenters. The molecule has 2 aliphatic heterocycles. The van der Waals surface area contributed by atoms with Crippen LogP contribution in [0.25, 0.3) is 10.8 Å². The maximum atomic E-state index is 13.5. The van der Waals surface area contributed by atoms with Crippen molar-refractivity contribution < 1.29 is 75.2 Å². The Balaban J connectivity index is 1.41. The van der Waals surface area contributed by atoms with Crippen LogP contribution in [0.1, 0.15) is 44.8 Å². The molecule has 7 rings (SSSR count). The summed E-state index contributed by atoms with van der Waals surface area (Å²) in [7, 11) is 0. The van der Waals surface area contributed by atoms with Gasteiger partial charge in [0.05, 0.1) is 17.1 Å². The molecule has 0 bridgehead atoms. The van der Waals surface area contributed by atoms with E-state index in [0.29, 0.717) is 0 Å². The number of esters is 1. The van der Waals surface area contributed by atoms with Crippen molar-refractivity contribution in [2.45, 2.75) is 37.3 Å². The highest BCUT2D eigenvalue weighted by molar-refractivity contribution is 5.97. The lowest BCUT2D eigenvalue weighted by Gasteiger charge is -2.34. The van der Waals surface area contributed by atoms with Crippen LogP contribution in [0.15, 0.2) is 59.4 Å². The summed E-state index contributed by atoms with van der Waals surface area (Å²) in [6.45, 7) is 0. The zero-order valence-corrected chi connectivity index (χ0v) is 26.4. The first-order chi connectivity index (χ1) is 24.6. The van der Waals surface area contributed by atoms with Gasteiger partial charge in [0.1, 0.15) is 40.6 Å². The van der Waals surface area contributed by atoms with Crippen molar-refractivity contribution in [1.82, 2.24) is 0 Å². The van der Waals surface area contributed by atoms with Crippen LogP contribution in [0.5, 0.6) is 69.0 Å². The first-order valence-corrected chi connectivity index (χ1v) is 15.4. The number of hydrogen-bond donors (Lipinski definition) is 11. The number of hydrogen-bond acceptors (Lipinski definition) is 16. The Morgan fingerprint density at radius 1 is 0.615 bits per heavy atom. The van der Waals surface area contributed by atoms with Gasteiger partial charge in [0.25, 0.3) is 0 Å². The number of aromatic hydroxyl groups is 10. The zero-order valence-electron chi connectivity index (χ0n) is 26.4. The van der Waals surface area contributed by atoms with Gasteiger partial charge in [0.15, 0.2) is 46.7 Å². The number of phenols is 9. The molecule has 52 heavy (non-hydrogen) atoms. The second-order valence-corrected chi connectivity index (χ2v) is 12.4. The van der Waals surface area contributed by atoms with Gasteiger partial charge in [0, 0.05) is 59.4 Å². The fourth-order valence-corrected chi connectivity index (χ4v) is 6.53. The third kappa shape index (κ3) is 5.56. The summed E-state index contributed by atoms with van der Waals surface area (Å²) >= 11 is 0. The quantitative estimate of drug-likeness (QED) is 0.0940. The van der Waals surface area contributed by atoms with Crippen molar-refractivity contribution in [2.75, 3.05) is 0 Å². The van der Waals surface area contributed by atoms with Gasteiger partial charge in [-0.3, -0.25) is 4.79 Å². The van der Waals surface area contributed by atoms with E-state index in [1.807, 2.05) is 0 Å². The van der Waals surface area contributed by atoms with E-state index in [1.165, 1.54) is 12.1 Å². The van der Waals surface area contributed by atoms with Gasteiger partial charge in [-0.25, -0.2) is 4.79 Å².